The first-order valence-electron chi connectivity index (χ1n) is 5.49. The van der Waals surface area contributed by atoms with Gasteiger partial charge in [0.25, 0.3) is 0 Å². The molecule has 0 spiro atoms. The first-order valence-corrected chi connectivity index (χ1v) is 5.49. The molecule has 2 aromatic heterocycles. The van der Waals surface area contributed by atoms with Gasteiger partial charge in [-0.3, -0.25) is 0 Å². The molecule has 0 aromatic carbocycles. The van der Waals surface area contributed by atoms with E-state index < -0.39 is 0 Å². The lowest BCUT2D eigenvalue weighted by Gasteiger charge is -2.01. The van der Waals surface area contributed by atoms with Gasteiger partial charge in [0.1, 0.15) is 5.65 Å². The molecule has 1 aliphatic rings. The fraction of sp³-hybridized carbons (Fsp3) is 0.417. The van der Waals surface area contributed by atoms with E-state index in [0.717, 1.165) is 18.1 Å². The largest absolute Gasteiger partial charge is 0.316 e. The zero-order valence-corrected chi connectivity index (χ0v) is 8.90. The van der Waals surface area contributed by atoms with Crippen LogP contribution in [0.25, 0.3) is 5.65 Å². The summed E-state index contributed by atoms with van der Waals surface area (Å²) < 4.78 is 2.14. The summed E-state index contributed by atoms with van der Waals surface area (Å²) in [7, 11) is 1.97. The van der Waals surface area contributed by atoms with Crippen molar-refractivity contribution in [2.75, 3.05) is 7.05 Å². The summed E-state index contributed by atoms with van der Waals surface area (Å²) in [5.41, 5.74) is 3.64. The van der Waals surface area contributed by atoms with Crippen LogP contribution in [0.15, 0.2) is 24.5 Å². The Labute approximate surface area is 89.1 Å². The van der Waals surface area contributed by atoms with E-state index in [1.165, 1.54) is 24.1 Å². The number of nitrogens with one attached hydrogen (secondary N) is 1. The molecule has 0 radical (unpaired) electrons. The third-order valence-electron chi connectivity index (χ3n) is 2.95. The minimum Gasteiger partial charge on any atom is -0.316 e. The van der Waals surface area contributed by atoms with Crippen molar-refractivity contribution in [2.45, 2.75) is 25.3 Å². The van der Waals surface area contributed by atoms with Crippen molar-refractivity contribution in [2.24, 2.45) is 0 Å². The van der Waals surface area contributed by atoms with Crippen molar-refractivity contribution in [3.05, 3.63) is 35.8 Å². The average molecular weight is 201 g/mol. The van der Waals surface area contributed by atoms with Gasteiger partial charge in [0.2, 0.25) is 0 Å². The van der Waals surface area contributed by atoms with Gasteiger partial charge in [-0.15, -0.1) is 0 Å². The van der Waals surface area contributed by atoms with Gasteiger partial charge < -0.3 is 9.72 Å². The Hall–Kier alpha value is -1.35. The Morgan fingerprint density at radius 2 is 2.40 bits per heavy atom. The van der Waals surface area contributed by atoms with Gasteiger partial charge in [-0.05, 0) is 26.0 Å². The molecule has 0 saturated heterocycles. The Kier molecular flexibility index (Phi) is 1.99. The Morgan fingerprint density at radius 1 is 1.53 bits per heavy atom. The van der Waals surface area contributed by atoms with Gasteiger partial charge in [0.15, 0.2) is 0 Å². The molecule has 2 heterocycles. The van der Waals surface area contributed by atoms with Crippen molar-refractivity contribution in [1.29, 1.82) is 0 Å². The molecular formula is C12H15N3. The molecular weight excluding hydrogens is 186 g/mol. The van der Waals surface area contributed by atoms with Crippen LogP contribution in [0.1, 0.15) is 30.0 Å². The summed E-state index contributed by atoms with van der Waals surface area (Å²) in [5, 5.41) is 3.18. The molecule has 0 bridgehead atoms. The lowest BCUT2D eigenvalue weighted by Crippen LogP contribution is -2.06. The Balaban J connectivity index is 2.11. The molecule has 1 saturated carbocycles. The maximum atomic E-state index is 4.72. The van der Waals surface area contributed by atoms with Crippen LogP contribution in [0, 0.1) is 0 Å². The van der Waals surface area contributed by atoms with Gasteiger partial charge in [-0.25, -0.2) is 4.98 Å². The van der Waals surface area contributed by atoms with E-state index in [0.29, 0.717) is 0 Å². The molecule has 3 rings (SSSR count). The van der Waals surface area contributed by atoms with Crippen LogP contribution < -0.4 is 5.32 Å². The molecule has 1 aliphatic carbocycles. The summed E-state index contributed by atoms with van der Waals surface area (Å²) in [6.07, 6.45) is 6.87. The van der Waals surface area contributed by atoms with Gasteiger partial charge in [0.05, 0.1) is 5.69 Å². The van der Waals surface area contributed by atoms with Crippen LogP contribution in [0.3, 0.4) is 0 Å². The van der Waals surface area contributed by atoms with E-state index in [-0.39, 0.29) is 0 Å². The highest BCUT2D eigenvalue weighted by molar-refractivity contribution is 5.49. The normalized spacial score (nSPS) is 16.1. The number of rotatable bonds is 3. The molecule has 0 amide bonds. The monoisotopic (exact) mass is 201 g/mol. The van der Waals surface area contributed by atoms with Gasteiger partial charge in [-0.2, -0.15) is 0 Å². The SMILES string of the molecule is CNCc1cccn2cc(C3CC3)nc12. The van der Waals surface area contributed by atoms with Crippen LogP contribution in [-0.4, -0.2) is 16.4 Å². The maximum Gasteiger partial charge on any atom is 0.141 e. The van der Waals surface area contributed by atoms with E-state index in [1.807, 2.05) is 7.05 Å². The minimum absolute atomic E-state index is 0.729. The number of pyridine rings is 1. The number of imidazole rings is 1. The molecule has 0 atom stereocenters. The highest BCUT2D eigenvalue weighted by Crippen LogP contribution is 2.39. The zero-order valence-electron chi connectivity index (χ0n) is 8.90. The molecule has 3 nitrogen and oxygen atoms in total. The van der Waals surface area contributed by atoms with Crippen molar-refractivity contribution < 1.29 is 0 Å². The number of nitrogens with zero attached hydrogens (tertiary/aromatic N) is 2. The van der Waals surface area contributed by atoms with Crippen LogP contribution >= 0.6 is 0 Å². The number of hydrogen-bond donors (Lipinski definition) is 1. The van der Waals surface area contributed by atoms with Crippen LogP contribution in [0.5, 0.6) is 0 Å². The Bertz CT molecular complexity index is 483. The van der Waals surface area contributed by atoms with Gasteiger partial charge in [0, 0.05) is 30.4 Å². The number of aromatic nitrogens is 2. The molecule has 1 N–H and O–H groups in total. The Morgan fingerprint density at radius 3 is 3.13 bits per heavy atom. The third-order valence-corrected chi connectivity index (χ3v) is 2.95. The highest BCUT2D eigenvalue weighted by atomic mass is 15.0. The number of hydrogen-bond acceptors (Lipinski definition) is 2. The predicted molar refractivity (Wildman–Crippen MR) is 59.9 cm³/mol. The molecule has 15 heavy (non-hydrogen) atoms. The molecule has 2 aromatic rings. The van der Waals surface area contributed by atoms with Crippen LogP contribution in [0.2, 0.25) is 0 Å². The summed E-state index contributed by atoms with van der Waals surface area (Å²) in [6, 6.07) is 4.22. The van der Waals surface area contributed by atoms with Gasteiger partial charge >= 0.3 is 0 Å². The molecule has 3 heteroatoms. The van der Waals surface area contributed by atoms with E-state index in [4.69, 9.17) is 4.98 Å². The zero-order chi connectivity index (χ0) is 10.3. The molecule has 1 fully saturated rings. The maximum absolute atomic E-state index is 4.72. The predicted octanol–water partition coefficient (Wildman–Crippen LogP) is 1.93. The van der Waals surface area contributed by atoms with Crippen molar-refractivity contribution in [3.63, 3.8) is 0 Å². The third kappa shape index (κ3) is 1.53. The fourth-order valence-corrected chi connectivity index (χ4v) is 1.99. The topological polar surface area (TPSA) is 29.3 Å². The molecule has 0 aliphatic heterocycles. The second-order valence-electron chi connectivity index (χ2n) is 4.23. The summed E-state index contributed by atoms with van der Waals surface area (Å²) in [5.74, 6) is 0.729. The van der Waals surface area contributed by atoms with E-state index in [1.54, 1.807) is 0 Å². The lowest BCUT2D eigenvalue weighted by molar-refractivity contribution is 0.816. The van der Waals surface area contributed by atoms with E-state index >= 15 is 0 Å². The van der Waals surface area contributed by atoms with E-state index in [9.17, 15) is 0 Å². The van der Waals surface area contributed by atoms with Crippen LogP contribution in [0.4, 0.5) is 0 Å². The standard InChI is InChI=1S/C12H15N3/c1-13-7-10-3-2-6-15-8-11(9-4-5-9)14-12(10)15/h2-3,6,8-9,13H,4-5,7H2,1H3. The van der Waals surface area contributed by atoms with Crippen molar-refractivity contribution in [3.8, 4) is 0 Å². The quantitative estimate of drug-likeness (QED) is 0.822. The lowest BCUT2D eigenvalue weighted by atomic mass is 10.2. The summed E-state index contributed by atoms with van der Waals surface area (Å²) >= 11 is 0. The smallest absolute Gasteiger partial charge is 0.141 e. The van der Waals surface area contributed by atoms with Crippen molar-refractivity contribution >= 4 is 5.65 Å². The minimum atomic E-state index is 0.729. The second kappa shape index (κ2) is 3.35. The summed E-state index contributed by atoms with van der Waals surface area (Å²) in [6.45, 7) is 0.880. The molecule has 0 unspecified atom stereocenters. The number of fused-ring (bicyclic) bond motifs is 1. The van der Waals surface area contributed by atoms with E-state index in [2.05, 4.69) is 34.2 Å². The fourth-order valence-electron chi connectivity index (χ4n) is 1.99. The highest BCUT2D eigenvalue weighted by Gasteiger charge is 2.26. The first-order chi connectivity index (χ1) is 7.38. The van der Waals surface area contributed by atoms with Crippen molar-refractivity contribution in [1.82, 2.24) is 14.7 Å². The van der Waals surface area contributed by atoms with Gasteiger partial charge in [-0.1, -0.05) is 6.07 Å². The summed E-state index contributed by atoms with van der Waals surface area (Å²) in [4.78, 5) is 4.72. The van der Waals surface area contributed by atoms with Crippen LogP contribution in [-0.2, 0) is 6.54 Å². The molecule has 78 valence electrons. The second-order valence-corrected chi connectivity index (χ2v) is 4.23. The average Bonchev–Trinajstić information content (AvgIpc) is 2.99. The first kappa shape index (κ1) is 8.92.